The van der Waals surface area contributed by atoms with E-state index >= 15 is 0 Å². The first-order chi connectivity index (χ1) is 10.3. The van der Waals surface area contributed by atoms with Crippen molar-refractivity contribution in [1.82, 2.24) is 9.80 Å². The largest absolute Gasteiger partial charge is 0.395 e. The summed E-state index contributed by atoms with van der Waals surface area (Å²) >= 11 is 0. The Balaban J connectivity index is 1.71. The Labute approximate surface area is 130 Å². The maximum absolute atomic E-state index is 9.19. The van der Waals surface area contributed by atoms with Crippen LogP contribution < -0.4 is 0 Å². The Morgan fingerprint density at radius 3 is 1.62 bits per heavy atom. The van der Waals surface area contributed by atoms with E-state index < -0.39 is 0 Å². The number of piperidine rings is 2. The topological polar surface area (TPSA) is 46.9 Å². The lowest BCUT2D eigenvalue weighted by Crippen LogP contribution is -2.42. The monoisotopic (exact) mass is 298 g/mol. The standard InChI is InChI=1S/C17H34N2O2/c20-14-12-18-10-3-1-6-16(18)8-5-9-17-7-2-4-11-19(17)13-15-21/h16-17,20-21H,1-15H2. The van der Waals surface area contributed by atoms with Crippen molar-refractivity contribution in [2.24, 2.45) is 0 Å². The zero-order valence-electron chi connectivity index (χ0n) is 13.6. The number of nitrogens with zero attached hydrogens (tertiary/aromatic N) is 2. The fourth-order valence-electron chi connectivity index (χ4n) is 4.21. The van der Waals surface area contributed by atoms with Gasteiger partial charge < -0.3 is 10.2 Å². The lowest BCUT2D eigenvalue weighted by atomic mass is 9.93. The molecule has 0 saturated carbocycles. The van der Waals surface area contributed by atoms with E-state index in [1.807, 2.05) is 0 Å². The first kappa shape index (κ1) is 17.2. The fraction of sp³-hybridized carbons (Fsp3) is 1.00. The molecule has 0 spiro atoms. The molecule has 2 aliphatic rings. The molecule has 2 saturated heterocycles. The van der Waals surface area contributed by atoms with E-state index in [4.69, 9.17) is 0 Å². The van der Waals surface area contributed by atoms with E-state index in [2.05, 4.69) is 9.80 Å². The zero-order valence-corrected chi connectivity index (χ0v) is 13.6. The second-order valence-corrected chi connectivity index (χ2v) is 6.75. The summed E-state index contributed by atoms with van der Waals surface area (Å²) in [6.45, 7) is 4.64. The van der Waals surface area contributed by atoms with Gasteiger partial charge in [-0.15, -0.1) is 0 Å². The molecule has 2 N–H and O–H groups in total. The van der Waals surface area contributed by atoms with Crippen molar-refractivity contribution in [1.29, 1.82) is 0 Å². The van der Waals surface area contributed by atoms with Gasteiger partial charge in [-0.05, 0) is 51.6 Å². The van der Waals surface area contributed by atoms with Crippen LogP contribution in [0.1, 0.15) is 57.8 Å². The molecular formula is C17H34N2O2. The molecule has 0 amide bonds. The SMILES string of the molecule is OCCN1CCCCC1CCCC1CCCCN1CCO. The summed E-state index contributed by atoms with van der Waals surface area (Å²) in [6, 6.07) is 1.39. The molecule has 2 heterocycles. The Bertz CT molecular complexity index is 246. The van der Waals surface area contributed by atoms with E-state index in [0.717, 1.165) is 13.1 Å². The molecule has 2 rings (SSSR count). The molecule has 4 heteroatoms. The number of aliphatic hydroxyl groups is 2. The molecule has 2 aliphatic heterocycles. The highest BCUT2D eigenvalue weighted by Crippen LogP contribution is 2.25. The van der Waals surface area contributed by atoms with Crippen LogP contribution in [0.5, 0.6) is 0 Å². The second kappa shape index (κ2) is 9.78. The second-order valence-electron chi connectivity index (χ2n) is 6.75. The third-order valence-electron chi connectivity index (χ3n) is 5.35. The van der Waals surface area contributed by atoms with E-state index in [9.17, 15) is 10.2 Å². The quantitative estimate of drug-likeness (QED) is 0.718. The summed E-state index contributed by atoms with van der Waals surface area (Å²) in [5.74, 6) is 0. The minimum Gasteiger partial charge on any atom is -0.395 e. The molecule has 124 valence electrons. The molecule has 0 bridgehead atoms. The van der Waals surface area contributed by atoms with Crippen molar-refractivity contribution in [3.05, 3.63) is 0 Å². The van der Waals surface area contributed by atoms with Gasteiger partial charge in [-0.3, -0.25) is 9.80 Å². The number of hydrogen-bond acceptors (Lipinski definition) is 4. The van der Waals surface area contributed by atoms with Gasteiger partial charge in [-0.2, -0.15) is 0 Å². The van der Waals surface area contributed by atoms with Gasteiger partial charge in [0, 0.05) is 25.2 Å². The highest BCUT2D eigenvalue weighted by molar-refractivity contribution is 4.80. The van der Waals surface area contributed by atoms with Crippen LogP contribution >= 0.6 is 0 Å². The van der Waals surface area contributed by atoms with E-state index in [-0.39, 0.29) is 0 Å². The summed E-state index contributed by atoms with van der Waals surface area (Å²) in [6.07, 6.45) is 11.8. The molecule has 2 unspecified atom stereocenters. The van der Waals surface area contributed by atoms with Crippen molar-refractivity contribution in [3.8, 4) is 0 Å². The number of β-amino-alcohol motifs (C(OH)–C–C–N with tert-alkyl or cyclic N) is 2. The molecule has 0 aromatic rings. The molecule has 0 aromatic carbocycles. The van der Waals surface area contributed by atoms with E-state index in [1.54, 1.807) is 0 Å². The van der Waals surface area contributed by atoms with Gasteiger partial charge in [0.25, 0.3) is 0 Å². The van der Waals surface area contributed by atoms with Crippen LogP contribution in [0.4, 0.5) is 0 Å². The summed E-state index contributed by atoms with van der Waals surface area (Å²) in [7, 11) is 0. The van der Waals surface area contributed by atoms with Crippen molar-refractivity contribution >= 4 is 0 Å². The molecule has 21 heavy (non-hydrogen) atoms. The van der Waals surface area contributed by atoms with Gasteiger partial charge in [0.15, 0.2) is 0 Å². The molecule has 0 aliphatic carbocycles. The molecule has 2 fully saturated rings. The highest BCUT2D eigenvalue weighted by atomic mass is 16.3. The van der Waals surface area contributed by atoms with Crippen LogP contribution in [0.3, 0.4) is 0 Å². The van der Waals surface area contributed by atoms with Gasteiger partial charge in [0.1, 0.15) is 0 Å². The van der Waals surface area contributed by atoms with Gasteiger partial charge in [0.2, 0.25) is 0 Å². The average molecular weight is 298 g/mol. The number of aliphatic hydroxyl groups excluding tert-OH is 2. The highest BCUT2D eigenvalue weighted by Gasteiger charge is 2.24. The number of hydrogen-bond donors (Lipinski definition) is 2. The van der Waals surface area contributed by atoms with Crippen LogP contribution in [0.25, 0.3) is 0 Å². The van der Waals surface area contributed by atoms with Crippen molar-refractivity contribution in [3.63, 3.8) is 0 Å². The van der Waals surface area contributed by atoms with Crippen LogP contribution in [0, 0.1) is 0 Å². The predicted molar refractivity (Wildman–Crippen MR) is 86.4 cm³/mol. The third-order valence-corrected chi connectivity index (χ3v) is 5.35. The number of rotatable bonds is 8. The summed E-state index contributed by atoms with van der Waals surface area (Å²) in [5.41, 5.74) is 0. The molecule has 4 nitrogen and oxygen atoms in total. The lowest BCUT2D eigenvalue weighted by molar-refractivity contribution is 0.0938. The normalized spacial score (nSPS) is 28.9. The van der Waals surface area contributed by atoms with Crippen LogP contribution in [-0.2, 0) is 0 Å². The fourth-order valence-corrected chi connectivity index (χ4v) is 4.21. The smallest absolute Gasteiger partial charge is 0.0558 e. The first-order valence-electron chi connectivity index (χ1n) is 9.05. The van der Waals surface area contributed by atoms with Gasteiger partial charge in [0.05, 0.1) is 13.2 Å². The summed E-state index contributed by atoms with van der Waals surface area (Å²) in [4.78, 5) is 4.99. The Kier molecular flexibility index (Phi) is 8.01. The number of likely N-dealkylation sites (tertiary alicyclic amines) is 2. The van der Waals surface area contributed by atoms with Crippen LogP contribution in [0.15, 0.2) is 0 Å². The van der Waals surface area contributed by atoms with Gasteiger partial charge in [-0.25, -0.2) is 0 Å². The summed E-state index contributed by atoms with van der Waals surface area (Å²) < 4.78 is 0. The molecular weight excluding hydrogens is 264 g/mol. The molecule has 2 atom stereocenters. The minimum atomic E-state index is 0.295. The average Bonchev–Trinajstić information content (AvgIpc) is 2.51. The van der Waals surface area contributed by atoms with E-state index in [1.165, 1.54) is 70.9 Å². The van der Waals surface area contributed by atoms with Crippen molar-refractivity contribution in [2.75, 3.05) is 39.4 Å². The van der Waals surface area contributed by atoms with Crippen molar-refractivity contribution < 1.29 is 10.2 Å². The van der Waals surface area contributed by atoms with Gasteiger partial charge in [-0.1, -0.05) is 19.3 Å². The van der Waals surface area contributed by atoms with Crippen molar-refractivity contribution in [2.45, 2.75) is 69.9 Å². The Morgan fingerprint density at radius 2 is 1.19 bits per heavy atom. The Morgan fingerprint density at radius 1 is 0.714 bits per heavy atom. The third kappa shape index (κ3) is 5.51. The predicted octanol–water partition coefficient (Wildman–Crippen LogP) is 1.85. The minimum absolute atomic E-state index is 0.295. The van der Waals surface area contributed by atoms with Crippen LogP contribution in [-0.4, -0.2) is 71.5 Å². The zero-order chi connectivity index (χ0) is 14.9. The van der Waals surface area contributed by atoms with Crippen LogP contribution in [0.2, 0.25) is 0 Å². The van der Waals surface area contributed by atoms with E-state index in [0.29, 0.717) is 25.3 Å². The van der Waals surface area contributed by atoms with Gasteiger partial charge >= 0.3 is 0 Å². The first-order valence-corrected chi connectivity index (χ1v) is 9.05. The maximum Gasteiger partial charge on any atom is 0.0558 e. The Hall–Kier alpha value is -0.160. The molecule has 0 aromatic heterocycles. The molecule has 0 radical (unpaired) electrons. The lowest BCUT2D eigenvalue weighted by Gasteiger charge is -2.37. The maximum atomic E-state index is 9.19. The summed E-state index contributed by atoms with van der Waals surface area (Å²) in [5, 5.41) is 18.4.